The van der Waals surface area contributed by atoms with Gasteiger partial charge in [0.05, 0.1) is 11.1 Å². The van der Waals surface area contributed by atoms with Crippen molar-refractivity contribution in [2.45, 2.75) is 12.8 Å². The zero-order valence-corrected chi connectivity index (χ0v) is 14.3. The average molecular weight is 348 g/mol. The van der Waals surface area contributed by atoms with Gasteiger partial charge in [-0.15, -0.1) is 0 Å². The second-order valence-corrected chi connectivity index (χ2v) is 6.54. The number of rotatable bonds is 3. The van der Waals surface area contributed by atoms with E-state index in [-0.39, 0.29) is 17.4 Å². The molecule has 3 aromatic rings. The van der Waals surface area contributed by atoms with Gasteiger partial charge >= 0.3 is 0 Å². The highest BCUT2D eigenvalue weighted by Gasteiger charge is 2.21. The predicted molar refractivity (Wildman–Crippen MR) is 102 cm³/mol. The van der Waals surface area contributed by atoms with Crippen molar-refractivity contribution in [3.05, 3.63) is 58.9 Å². The first kappa shape index (κ1) is 16.5. The van der Waals surface area contributed by atoms with E-state index in [1.807, 2.05) is 42.5 Å². The highest BCUT2D eigenvalue weighted by atomic mass is 16.2. The summed E-state index contributed by atoms with van der Waals surface area (Å²) in [7, 11) is 0. The largest absolute Gasteiger partial charge is 0.326 e. The van der Waals surface area contributed by atoms with E-state index in [0.717, 1.165) is 42.6 Å². The Morgan fingerprint density at radius 2 is 1.81 bits per heavy atom. The van der Waals surface area contributed by atoms with Gasteiger partial charge in [-0.2, -0.15) is 5.10 Å². The molecule has 0 atom stereocenters. The molecule has 0 radical (unpaired) electrons. The summed E-state index contributed by atoms with van der Waals surface area (Å²) in [5.41, 5.74) is 2.07. The van der Waals surface area contributed by atoms with Crippen LogP contribution >= 0.6 is 0 Å². The van der Waals surface area contributed by atoms with Crippen LogP contribution in [0.2, 0.25) is 0 Å². The van der Waals surface area contributed by atoms with Crippen LogP contribution in [0.15, 0.2) is 53.3 Å². The van der Waals surface area contributed by atoms with Gasteiger partial charge in [0.25, 0.3) is 5.56 Å². The quantitative estimate of drug-likeness (QED) is 0.679. The Bertz CT molecular complexity index is 1010. The fraction of sp³-hybridized carbons (Fsp3) is 0.250. The number of benzene rings is 2. The van der Waals surface area contributed by atoms with Crippen molar-refractivity contribution in [3.8, 4) is 11.3 Å². The first-order valence-electron chi connectivity index (χ1n) is 8.82. The number of carbonyl (C=O) groups is 1. The molecule has 0 bridgehead atoms. The second kappa shape index (κ2) is 7.09. The van der Waals surface area contributed by atoms with E-state index in [1.165, 1.54) is 0 Å². The number of fused-ring (bicyclic) bond motifs is 1. The standard InChI is InChI=1S/C20H20N4O2/c25-19(13-8-10-21-11-9-13)22-15-5-3-4-14(12-15)18-16-6-1-2-7-17(16)20(26)24-23-18/h1-7,12-13,21H,8-11H2,(H,22,25)(H,24,26). The maximum absolute atomic E-state index is 12.5. The molecule has 0 aliphatic carbocycles. The summed E-state index contributed by atoms with van der Waals surface area (Å²) in [6.07, 6.45) is 1.72. The molecule has 0 saturated carbocycles. The van der Waals surface area contributed by atoms with Gasteiger partial charge in [0.2, 0.25) is 5.91 Å². The van der Waals surface area contributed by atoms with E-state index in [2.05, 4.69) is 20.8 Å². The monoisotopic (exact) mass is 348 g/mol. The summed E-state index contributed by atoms with van der Waals surface area (Å²) in [6, 6.07) is 15.0. The Kier molecular flexibility index (Phi) is 4.50. The van der Waals surface area contributed by atoms with E-state index in [4.69, 9.17) is 0 Å². The Hall–Kier alpha value is -2.99. The minimum atomic E-state index is -0.209. The first-order valence-corrected chi connectivity index (χ1v) is 8.82. The molecule has 2 aromatic carbocycles. The van der Waals surface area contributed by atoms with Gasteiger partial charge in [0, 0.05) is 22.6 Å². The van der Waals surface area contributed by atoms with Crippen LogP contribution in [0.4, 0.5) is 5.69 Å². The van der Waals surface area contributed by atoms with Crippen molar-refractivity contribution in [2.24, 2.45) is 5.92 Å². The maximum Gasteiger partial charge on any atom is 0.272 e. The summed E-state index contributed by atoms with van der Waals surface area (Å²) < 4.78 is 0. The predicted octanol–water partition coefficient (Wildman–Crippen LogP) is 2.53. The van der Waals surface area contributed by atoms with Gasteiger partial charge < -0.3 is 10.6 Å². The molecule has 6 heteroatoms. The number of carbonyl (C=O) groups excluding carboxylic acids is 1. The fourth-order valence-electron chi connectivity index (χ4n) is 3.41. The molecule has 1 aromatic heterocycles. The molecule has 0 spiro atoms. The number of aromatic nitrogens is 2. The van der Waals surface area contributed by atoms with Gasteiger partial charge in [-0.25, -0.2) is 5.10 Å². The van der Waals surface area contributed by atoms with Gasteiger partial charge in [-0.05, 0) is 44.1 Å². The highest BCUT2D eigenvalue weighted by molar-refractivity contribution is 5.96. The third kappa shape index (κ3) is 3.23. The Labute approximate surface area is 150 Å². The summed E-state index contributed by atoms with van der Waals surface area (Å²) in [4.78, 5) is 24.4. The molecule has 3 N–H and O–H groups in total. The van der Waals surface area contributed by atoms with Gasteiger partial charge in [-0.3, -0.25) is 9.59 Å². The lowest BCUT2D eigenvalue weighted by molar-refractivity contribution is -0.120. The molecular formula is C20H20N4O2. The molecule has 132 valence electrons. The van der Waals surface area contributed by atoms with E-state index >= 15 is 0 Å². The maximum atomic E-state index is 12.5. The van der Waals surface area contributed by atoms with Crippen LogP contribution in [0.5, 0.6) is 0 Å². The SMILES string of the molecule is O=C(Nc1cccc(-c2n[nH]c(=O)c3ccccc23)c1)C1CCNCC1. The van der Waals surface area contributed by atoms with Crippen LogP contribution in [0.1, 0.15) is 12.8 Å². The molecule has 4 rings (SSSR count). The number of piperidine rings is 1. The van der Waals surface area contributed by atoms with Crippen LogP contribution < -0.4 is 16.2 Å². The summed E-state index contributed by atoms with van der Waals surface area (Å²) in [5, 5.41) is 14.5. The fourth-order valence-corrected chi connectivity index (χ4v) is 3.41. The zero-order chi connectivity index (χ0) is 17.9. The lowest BCUT2D eigenvalue weighted by Crippen LogP contribution is -2.34. The summed E-state index contributed by atoms with van der Waals surface area (Å²) in [6.45, 7) is 1.76. The molecule has 2 heterocycles. The molecule has 6 nitrogen and oxygen atoms in total. The summed E-state index contributed by atoms with van der Waals surface area (Å²) in [5.74, 6) is 0.106. The van der Waals surface area contributed by atoms with Crippen molar-refractivity contribution in [1.82, 2.24) is 15.5 Å². The normalized spacial score (nSPS) is 15.1. The van der Waals surface area contributed by atoms with Gasteiger partial charge in [0.15, 0.2) is 0 Å². The smallest absolute Gasteiger partial charge is 0.272 e. The minimum absolute atomic E-state index is 0.0481. The van der Waals surface area contributed by atoms with Crippen LogP contribution in [-0.2, 0) is 4.79 Å². The molecule has 1 aliphatic rings. The van der Waals surface area contributed by atoms with Crippen molar-refractivity contribution in [2.75, 3.05) is 18.4 Å². The number of hydrogen-bond acceptors (Lipinski definition) is 4. The Balaban J connectivity index is 1.65. The number of amides is 1. The average Bonchev–Trinajstić information content (AvgIpc) is 2.69. The Morgan fingerprint density at radius 3 is 2.62 bits per heavy atom. The molecule has 26 heavy (non-hydrogen) atoms. The van der Waals surface area contributed by atoms with Crippen LogP contribution in [-0.4, -0.2) is 29.2 Å². The lowest BCUT2D eigenvalue weighted by atomic mass is 9.97. The third-order valence-corrected chi connectivity index (χ3v) is 4.81. The summed E-state index contributed by atoms with van der Waals surface area (Å²) >= 11 is 0. The number of hydrogen-bond donors (Lipinski definition) is 3. The van der Waals surface area contributed by atoms with Crippen LogP contribution in [0.25, 0.3) is 22.0 Å². The number of H-pyrrole nitrogens is 1. The van der Waals surface area contributed by atoms with Crippen LogP contribution in [0, 0.1) is 5.92 Å². The topological polar surface area (TPSA) is 86.9 Å². The van der Waals surface area contributed by atoms with E-state index in [1.54, 1.807) is 6.07 Å². The van der Waals surface area contributed by atoms with E-state index in [9.17, 15) is 9.59 Å². The van der Waals surface area contributed by atoms with Crippen molar-refractivity contribution in [1.29, 1.82) is 0 Å². The molecule has 1 aliphatic heterocycles. The molecular weight excluding hydrogens is 328 g/mol. The number of anilines is 1. The molecule has 1 saturated heterocycles. The minimum Gasteiger partial charge on any atom is -0.326 e. The van der Waals surface area contributed by atoms with Crippen molar-refractivity contribution >= 4 is 22.4 Å². The number of nitrogens with one attached hydrogen (secondary N) is 3. The lowest BCUT2D eigenvalue weighted by Gasteiger charge is -2.21. The van der Waals surface area contributed by atoms with Crippen molar-refractivity contribution < 1.29 is 4.79 Å². The Morgan fingerprint density at radius 1 is 1.04 bits per heavy atom. The van der Waals surface area contributed by atoms with Crippen LogP contribution in [0.3, 0.4) is 0 Å². The van der Waals surface area contributed by atoms with Gasteiger partial charge in [-0.1, -0.05) is 30.3 Å². The molecule has 1 fully saturated rings. The highest BCUT2D eigenvalue weighted by Crippen LogP contribution is 2.26. The third-order valence-electron chi connectivity index (χ3n) is 4.81. The zero-order valence-electron chi connectivity index (χ0n) is 14.3. The first-order chi connectivity index (χ1) is 12.7. The number of aromatic amines is 1. The molecule has 0 unspecified atom stereocenters. The second-order valence-electron chi connectivity index (χ2n) is 6.54. The van der Waals surface area contributed by atoms with E-state index in [0.29, 0.717) is 11.1 Å². The van der Waals surface area contributed by atoms with E-state index < -0.39 is 0 Å². The number of nitrogens with zero attached hydrogens (tertiary/aromatic N) is 1. The van der Waals surface area contributed by atoms with Crippen molar-refractivity contribution in [3.63, 3.8) is 0 Å². The molecule has 1 amide bonds. The van der Waals surface area contributed by atoms with Gasteiger partial charge in [0.1, 0.15) is 0 Å².